The largest absolute Gasteiger partial charge is 0.478 e. The zero-order valence-electron chi connectivity index (χ0n) is 32.4. The van der Waals surface area contributed by atoms with E-state index in [1.165, 1.54) is 77.0 Å². The number of nitrogens with two attached hydrogens (primary N) is 1. The van der Waals surface area contributed by atoms with Crippen molar-refractivity contribution in [2.75, 3.05) is 49.9 Å². The first-order chi connectivity index (χ1) is 28.7. The summed E-state index contributed by atoms with van der Waals surface area (Å²) >= 11 is 17.9. The SMILES string of the molecule is CN(C)S(=O)(=O)c1ccccc1Nc1nc(Cl)ncc1Cl.CN(C)S(=O)(=O)c1ccccc1Nc1nc(Nc2ccc(C(=O)O)cc2)ncc1Cl.Nc1ccc(C(=O)O)cc1. The highest BCUT2D eigenvalue weighted by atomic mass is 35.5. The predicted molar refractivity (Wildman–Crippen MR) is 235 cm³/mol. The van der Waals surface area contributed by atoms with Crippen LogP contribution in [0.1, 0.15) is 20.7 Å². The van der Waals surface area contributed by atoms with Gasteiger partial charge in [-0.05, 0) is 84.4 Å². The van der Waals surface area contributed by atoms with Gasteiger partial charge in [-0.3, -0.25) is 0 Å². The van der Waals surface area contributed by atoms with Gasteiger partial charge in [0.1, 0.15) is 19.8 Å². The summed E-state index contributed by atoms with van der Waals surface area (Å²) in [7, 11) is -1.48. The second-order valence-electron chi connectivity index (χ2n) is 12.5. The first-order valence-electron chi connectivity index (χ1n) is 17.2. The molecule has 0 aliphatic carbocycles. The maximum atomic E-state index is 12.6. The molecule has 0 fully saturated rings. The molecule has 4 aromatic carbocycles. The summed E-state index contributed by atoms with van der Waals surface area (Å²) in [6.07, 6.45) is 2.70. The van der Waals surface area contributed by atoms with Gasteiger partial charge in [-0.15, -0.1) is 0 Å². The lowest BCUT2D eigenvalue weighted by Gasteiger charge is -2.16. The van der Waals surface area contributed by atoms with Crippen molar-refractivity contribution in [1.29, 1.82) is 0 Å². The molecule has 6 rings (SSSR count). The molecule has 0 saturated carbocycles. The summed E-state index contributed by atoms with van der Waals surface area (Å²) in [5.41, 5.74) is 7.55. The normalized spacial score (nSPS) is 11.1. The van der Waals surface area contributed by atoms with Crippen molar-refractivity contribution < 1.29 is 36.6 Å². The molecule has 320 valence electrons. The van der Waals surface area contributed by atoms with Crippen LogP contribution in [0.5, 0.6) is 0 Å². The number of aromatic nitrogens is 4. The van der Waals surface area contributed by atoms with Gasteiger partial charge in [0.2, 0.25) is 31.3 Å². The van der Waals surface area contributed by atoms with E-state index in [9.17, 15) is 26.4 Å². The number of sulfonamides is 2. The van der Waals surface area contributed by atoms with Crippen molar-refractivity contribution in [2.24, 2.45) is 0 Å². The third-order valence-electron chi connectivity index (χ3n) is 7.80. The van der Waals surface area contributed by atoms with Crippen LogP contribution in [0.4, 0.5) is 40.3 Å². The van der Waals surface area contributed by atoms with Crippen LogP contribution in [-0.4, -0.2) is 95.7 Å². The Bertz CT molecular complexity index is 2730. The molecule has 0 amide bonds. The van der Waals surface area contributed by atoms with E-state index < -0.39 is 32.0 Å². The van der Waals surface area contributed by atoms with Crippen LogP contribution in [0, 0.1) is 0 Å². The van der Waals surface area contributed by atoms with Crippen molar-refractivity contribution in [3.8, 4) is 0 Å². The summed E-state index contributed by atoms with van der Waals surface area (Å²) in [5, 5.41) is 26.6. The number of nitrogen functional groups attached to an aromatic ring is 1. The van der Waals surface area contributed by atoms with Gasteiger partial charge < -0.3 is 31.9 Å². The number of carbonyl (C=O) groups is 2. The molecule has 61 heavy (non-hydrogen) atoms. The maximum absolute atomic E-state index is 12.6. The highest BCUT2D eigenvalue weighted by Gasteiger charge is 2.23. The Kier molecular flexibility index (Phi) is 16.3. The van der Waals surface area contributed by atoms with Crippen molar-refractivity contribution in [1.82, 2.24) is 28.5 Å². The Morgan fingerprint density at radius 1 is 0.590 bits per heavy atom. The first kappa shape index (κ1) is 47.5. The first-order valence-corrected chi connectivity index (χ1v) is 21.2. The standard InChI is InChI=1S/C19H18ClN5O4S.C12H12Cl2N4O2S.C7H7NO2/c1-25(2)30(28,29)16-6-4-3-5-15(16)23-17-14(20)11-21-19(24-17)22-13-9-7-12(8-10-13)18(26)27;1-18(2)21(19,20)10-6-4-3-5-9(10)16-11-8(13)7-15-12(14)17-11;8-6-3-1-5(2-4-6)7(9)10/h3-11H,1-2H3,(H,26,27)(H2,21,22,23,24);3-7H,1-2H3,(H,15,16,17);1-4H,8H2,(H,9,10). The Labute approximate surface area is 366 Å². The molecule has 0 bridgehead atoms. The molecule has 0 aliphatic rings. The fraction of sp³-hybridized carbons (Fsp3) is 0.105. The zero-order chi connectivity index (χ0) is 45.1. The van der Waals surface area contributed by atoms with E-state index in [0.29, 0.717) is 22.7 Å². The molecular weight excluding hydrogens is 895 g/mol. The Morgan fingerprint density at radius 3 is 1.44 bits per heavy atom. The van der Waals surface area contributed by atoms with Gasteiger partial charge in [0.25, 0.3) is 0 Å². The number of hydrogen-bond acceptors (Lipinski definition) is 14. The summed E-state index contributed by atoms with van der Waals surface area (Å²) in [6.45, 7) is 0. The van der Waals surface area contributed by atoms with E-state index in [-0.39, 0.29) is 53.8 Å². The summed E-state index contributed by atoms with van der Waals surface area (Å²) in [6, 6.07) is 24.9. The van der Waals surface area contributed by atoms with Crippen molar-refractivity contribution >= 4 is 107 Å². The lowest BCUT2D eigenvalue weighted by atomic mass is 10.2. The van der Waals surface area contributed by atoms with Crippen molar-refractivity contribution in [3.05, 3.63) is 136 Å². The highest BCUT2D eigenvalue weighted by molar-refractivity contribution is 7.89. The van der Waals surface area contributed by atoms with E-state index in [1.807, 2.05) is 0 Å². The predicted octanol–water partition coefficient (Wildman–Crippen LogP) is 7.31. The van der Waals surface area contributed by atoms with Gasteiger partial charge in [-0.2, -0.15) is 9.97 Å². The minimum absolute atomic E-state index is 0.00912. The van der Waals surface area contributed by atoms with Crippen LogP contribution < -0.4 is 21.7 Å². The number of rotatable bonds is 12. The molecular formula is C38H37Cl3N10O8S2. The smallest absolute Gasteiger partial charge is 0.335 e. The number of hydrogen-bond donors (Lipinski definition) is 6. The van der Waals surface area contributed by atoms with Gasteiger partial charge in [0.05, 0.1) is 34.9 Å². The molecule has 18 nitrogen and oxygen atoms in total. The third kappa shape index (κ3) is 12.9. The molecule has 0 aliphatic heterocycles. The van der Waals surface area contributed by atoms with Gasteiger partial charge in [-0.1, -0.05) is 47.5 Å². The van der Waals surface area contributed by atoms with Crippen molar-refractivity contribution in [3.63, 3.8) is 0 Å². The molecule has 0 spiro atoms. The number of carboxylic acids is 2. The average Bonchev–Trinajstić information content (AvgIpc) is 3.21. The fourth-order valence-corrected chi connectivity index (χ4v) is 7.13. The quantitative estimate of drug-likeness (QED) is 0.0519. The summed E-state index contributed by atoms with van der Waals surface area (Å²) in [5.74, 6) is -1.32. The van der Waals surface area contributed by atoms with Crippen LogP contribution >= 0.6 is 34.8 Å². The van der Waals surface area contributed by atoms with E-state index in [4.69, 9.17) is 50.7 Å². The van der Waals surface area contributed by atoms with Crippen molar-refractivity contribution in [2.45, 2.75) is 9.79 Å². The number of nitrogens with zero attached hydrogens (tertiary/aromatic N) is 6. The molecule has 2 heterocycles. The second kappa shape index (κ2) is 20.9. The van der Waals surface area contributed by atoms with E-state index in [1.54, 1.807) is 60.7 Å². The summed E-state index contributed by atoms with van der Waals surface area (Å²) < 4.78 is 52.0. The number of para-hydroxylation sites is 2. The number of aromatic carboxylic acids is 2. The Hall–Kier alpha value is -6.13. The van der Waals surface area contributed by atoms with Crippen LogP contribution in [0.3, 0.4) is 0 Å². The molecule has 23 heteroatoms. The lowest BCUT2D eigenvalue weighted by molar-refractivity contribution is 0.0686. The van der Waals surface area contributed by atoms with E-state index in [0.717, 1.165) is 8.61 Å². The van der Waals surface area contributed by atoms with Gasteiger partial charge in [-0.25, -0.2) is 45.0 Å². The average molecular weight is 932 g/mol. The topological polar surface area (TPSA) is 263 Å². The number of halogens is 3. The molecule has 6 aromatic rings. The Morgan fingerprint density at radius 2 is 1.00 bits per heavy atom. The molecule has 2 aromatic heterocycles. The fourth-order valence-electron chi connectivity index (χ4n) is 4.64. The molecule has 0 radical (unpaired) electrons. The molecule has 0 unspecified atom stereocenters. The third-order valence-corrected chi connectivity index (χ3v) is 12.3. The second-order valence-corrected chi connectivity index (χ2v) is 17.9. The molecule has 0 atom stereocenters. The van der Waals surface area contributed by atoms with Crippen LogP contribution in [0.2, 0.25) is 15.3 Å². The van der Waals surface area contributed by atoms with Gasteiger partial charge in [0.15, 0.2) is 11.6 Å². The molecule has 0 saturated heterocycles. The Balaban J connectivity index is 0.000000228. The number of benzene rings is 4. The lowest BCUT2D eigenvalue weighted by Crippen LogP contribution is -2.23. The van der Waals surface area contributed by atoms with Gasteiger partial charge >= 0.3 is 11.9 Å². The van der Waals surface area contributed by atoms with E-state index in [2.05, 4.69) is 35.9 Å². The zero-order valence-corrected chi connectivity index (χ0v) is 36.3. The number of carboxylic acid groups (broad SMARTS) is 2. The van der Waals surface area contributed by atoms with Crippen LogP contribution in [-0.2, 0) is 20.0 Å². The number of nitrogens with one attached hydrogen (secondary N) is 3. The monoisotopic (exact) mass is 930 g/mol. The summed E-state index contributed by atoms with van der Waals surface area (Å²) in [4.78, 5) is 37.5. The minimum atomic E-state index is -3.69. The van der Waals surface area contributed by atoms with Gasteiger partial charge in [0, 0.05) is 39.6 Å². The minimum Gasteiger partial charge on any atom is -0.478 e. The van der Waals surface area contributed by atoms with Crippen LogP contribution in [0.15, 0.2) is 119 Å². The van der Waals surface area contributed by atoms with E-state index >= 15 is 0 Å². The number of anilines is 7. The highest BCUT2D eigenvalue weighted by Crippen LogP contribution is 2.31. The maximum Gasteiger partial charge on any atom is 0.335 e. The van der Waals surface area contributed by atoms with Crippen LogP contribution in [0.25, 0.3) is 0 Å². The molecule has 7 N–H and O–H groups in total.